The van der Waals surface area contributed by atoms with Gasteiger partial charge >= 0.3 is 5.97 Å². The largest absolute Gasteiger partial charge is 0.481 e. The van der Waals surface area contributed by atoms with E-state index in [1.54, 1.807) is 6.92 Å². The fraction of sp³-hybridized carbons (Fsp3) is 0.190. The maximum atomic E-state index is 11.0. The zero-order valence-corrected chi connectivity index (χ0v) is 14.1. The summed E-state index contributed by atoms with van der Waals surface area (Å²) in [5.41, 5.74) is 4.85. The van der Waals surface area contributed by atoms with Crippen LogP contribution in [0.4, 0.5) is 0 Å². The Bertz CT molecular complexity index is 849. The Labute approximate surface area is 147 Å². The number of benzene rings is 2. The number of aromatic nitrogens is 1. The van der Waals surface area contributed by atoms with Gasteiger partial charge in [-0.25, -0.2) is 0 Å². The molecule has 0 bridgehead atoms. The van der Waals surface area contributed by atoms with Crippen LogP contribution in [0.5, 0.6) is 0 Å². The number of carbonyl (C=O) groups is 1. The summed E-state index contributed by atoms with van der Waals surface area (Å²) in [5, 5.41) is 18.7. The molecule has 4 nitrogen and oxygen atoms in total. The maximum Gasteiger partial charge on any atom is 0.303 e. The maximum absolute atomic E-state index is 11.0. The third-order valence-corrected chi connectivity index (χ3v) is 4.26. The highest BCUT2D eigenvalue weighted by Crippen LogP contribution is 2.28. The van der Waals surface area contributed by atoms with Crippen molar-refractivity contribution in [1.29, 1.82) is 0 Å². The van der Waals surface area contributed by atoms with Crippen molar-refractivity contribution in [3.05, 3.63) is 78.0 Å². The van der Waals surface area contributed by atoms with Crippen LogP contribution in [-0.2, 0) is 11.2 Å². The summed E-state index contributed by atoms with van der Waals surface area (Å²) in [5.74, 6) is -0.807. The minimum atomic E-state index is -0.807. The summed E-state index contributed by atoms with van der Waals surface area (Å²) in [4.78, 5) is 11.0. The molecule has 0 aliphatic rings. The Hall–Kier alpha value is -2.85. The highest BCUT2D eigenvalue weighted by molar-refractivity contribution is 5.68. The molecule has 0 saturated heterocycles. The third kappa shape index (κ3) is 3.80. The molecule has 0 amide bonds. The zero-order valence-electron chi connectivity index (χ0n) is 14.1. The number of hydrogen-bond donors (Lipinski definition) is 2. The van der Waals surface area contributed by atoms with Crippen LogP contribution in [0, 0.1) is 0 Å². The summed E-state index contributed by atoms with van der Waals surface area (Å²) >= 11 is 0. The molecule has 0 spiro atoms. The molecule has 1 atom stereocenters. The molecule has 25 heavy (non-hydrogen) atoms. The van der Waals surface area contributed by atoms with E-state index in [2.05, 4.69) is 4.57 Å². The van der Waals surface area contributed by atoms with Crippen LogP contribution in [0.15, 0.2) is 66.7 Å². The predicted molar refractivity (Wildman–Crippen MR) is 97.8 cm³/mol. The summed E-state index contributed by atoms with van der Waals surface area (Å²) < 4.78 is 2.09. The number of carboxylic acid groups (broad SMARTS) is 1. The zero-order chi connectivity index (χ0) is 17.8. The van der Waals surface area contributed by atoms with Crippen LogP contribution >= 0.6 is 0 Å². The van der Waals surface area contributed by atoms with Gasteiger partial charge in [-0.15, -0.1) is 0 Å². The number of aliphatic hydroxyl groups excluding tert-OH is 1. The van der Waals surface area contributed by atoms with E-state index >= 15 is 0 Å². The van der Waals surface area contributed by atoms with Gasteiger partial charge in [0.2, 0.25) is 0 Å². The van der Waals surface area contributed by atoms with Gasteiger partial charge in [-0.2, -0.15) is 0 Å². The van der Waals surface area contributed by atoms with Crippen LogP contribution in [0.2, 0.25) is 0 Å². The molecular formula is C21H21NO3. The van der Waals surface area contributed by atoms with Crippen LogP contribution in [0.3, 0.4) is 0 Å². The lowest BCUT2D eigenvalue weighted by Gasteiger charge is -2.15. The average molecular weight is 335 g/mol. The predicted octanol–water partition coefficient (Wildman–Crippen LogP) is 4.21. The van der Waals surface area contributed by atoms with Gasteiger partial charge < -0.3 is 14.8 Å². The van der Waals surface area contributed by atoms with Gasteiger partial charge in [-0.05, 0) is 48.7 Å². The minimum Gasteiger partial charge on any atom is -0.481 e. The molecular weight excluding hydrogens is 314 g/mol. The van der Waals surface area contributed by atoms with E-state index in [1.807, 2.05) is 66.7 Å². The van der Waals surface area contributed by atoms with Gasteiger partial charge in [-0.3, -0.25) is 4.79 Å². The second-order valence-corrected chi connectivity index (χ2v) is 6.07. The molecule has 0 saturated carbocycles. The van der Waals surface area contributed by atoms with E-state index < -0.39 is 12.1 Å². The first-order chi connectivity index (χ1) is 12.1. The lowest BCUT2D eigenvalue weighted by Crippen LogP contribution is -2.05. The Balaban J connectivity index is 2.07. The molecule has 0 aliphatic heterocycles. The average Bonchev–Trinajstić information content (AvgIpc) is 3.04. The van der Waals surface area contributed by atoms with Crippen LogP contribution in [0.25, 0.3) is 16.9 Å². The van der Waals surface area contributed by atoms with E-state index in [-0.39, 0.29) is 6.42 Å². The monoisotopic (exact) mass is 335 g/mol. The molecule has 128 valence electrons. The summed E-state index contributed by atoms with van der Waals surface area (Å²) in [6.45, 7) is 1.73. The first kappa shape index (κ1) is 17.0. The van der Waals surface area contributed by atoms with E-state index in [0.29, 0.717) is 6.42 Å². The van der Waals surface area contributed by atoms with Crippen molar-refractivity contribution in [2.75, 3.05) is 0 Å². The molecule has 0 radical (unpaired) electrons. The van der Waals surface area contributed by atoms with Gasteiger partial charge in [0.1, 0.15) is 0 Å². The number of nitrogens with zero attached hydrogens (tertiary/aromatic N) is 1. The van der Waals surface area contributed by atoms with Crippen molar-refractivity contribution in [3.63, 3.8) is 0 Å². The molecule has 1 aromatic heterocycles. The Morgan fingerprint density at radius 3 is 2.28 bits per heavy atom. The number of carboxylic acids is 1. The van der Waals surface area contributed by atoms with Gasteiger partial charge in [0.05, 0.1) is 18.2 Å². The van der Waals surface area contributed by atoms with E-state index in [4.69, 9.17) is 5.11 Å². The van der Waals surface area contributed by atoms with Crippen molar-refractivity contribution in [3.8, 4) is 16.9 Å². The molecule has 2 N–H and O–H groups in total. The van der Waals surface area contributed by atoms with Gasteiger partial charge in [0.25, 0.3) is 0 Å². The van der Waals surface area contributed by atoms with Gasteiger partial charge in [0, 0.05) is 11.4 Å². The summed E-state index contributed by atoms with van der Waals surface area (Å²) in [6, 6.07) is 21.7. The number of hydrogen-bond acceptors (Lipinski definition) is 2. The molecule has 1 unspecified atom stereocenters. The Kier molecular flexibility index (Phi) is 5.00. The van der Waals surface area contributed by atoms with Crippen molar-refractivity contribution >= 4 is 5.97 Å². The summed E-state index contributed by atoms with van der Waals surface area (Å²) in [7, 11) is 0. The number of aliphatic hydroxyl groups is 1. The van der Waals surface area contributed by atoms with Crippen molar-refractivity contribution in [2.45, 2.75) is 25.9 Å². The second kappa shape index (κ2) is 7.36. The fourth-order valence-electron chi connectivity index (χ4n) is 2.95. The first-order valence-electron chi connectivity index (χ1n) is 8.32. The molecule has 3 rings (SSSR count). The fourth-order valence-corrected chi connectivity index (χ4v) is 2.95. The molecule has 0 fully saturated rings. The molecule has 0 aliphatic carbocycles. The number of aryl methyl sites for hydroxylation is 1. The first-order valence-corrected chi connectivity index (χ1v) is 8.32. The van der Waals surface area contributed by atoms with E-state index in [9.17, 15) is 9.90 Å². The van der Waals surface area contributed by atoms with Gasteiger partial charge in [0.15, 0.2) is 0 Å². The summed E-state index contributed by atoms with van der Waals surface area (Å²) in [6.07, 6.45) is 0.0309. The normalized spacial score (nSPS) is 12.1. The molecule has 2 aromatic carbocycles. The molecule has 3 aromatic rings. The highest BCUT2D eigenvalue weighted by Gasteiger charge is 2.13. The lowest BCUT2D eigenvalue weighted by atomic mass is 10.1. The molecule has 4 heteroatoms. The van der Waals surface area contributed by atoms with Gasteiger partial charge in [-0.1, -0.05) is 42.5 Å². The quantitative estimate of drug-likeness (QED) is 0.709. The Morgan fingerprint density at radius 2 is 1.68 bits per heavy atom. The van der Waals surface area contributed by atoms with Crippen molar-refractivity contribution < 1.29 is 15.0 Å². The van der Waals surface area contributed by atoms with E-state index in [0.717, 1.165) is 28.2 Å². The molecule has 1 heterocycles. The van der Waals surface area contributed by atoms with E-state index in [1.165, 1.54) is 0 Å². The number of rotatable bonds is 6. The topological polar surface area (TPSA) is 62.5 Å². The van der Waals surface area contributed by atoms with Crippen LogP contribution in [-0.4, -0.2) is 20.7 Å². The minimum absolute atomic E-state index is 0.0873. The van der Waals surface area contributed by atoms with Crippen molar-refractivity contribution in [1.82, 2.24) is 4.57 Å². The third-order valence-electron chi connectivity index (χ3n) is 4.26. The standard InChI is InChI=1S/C21H21NO3/c1-15(23)16-7-9-18(10-8-16)22-19(12-14-21(24)25)11-13-20(22)17-5-3-2-4-6-17/h2-11,13,15,23H,12,14H2,1H3,(H,24,25). The van der Waals surface area contributed by atoms with Crippen molar-refractivity contribution in [2.24, 2.45) is 0 Å². The second-order valence-electron chi connectivity index (χ2n) is 6.07. The smallest absolute Gasteiger partial charge is 0.303 e. The SMILES string of the molecule is CC(O)c1ccc(-n2c(CCC(=O)O)ccc2-c2ccccc2)cc1. The lowest BCUT2D eigenvalue weighted by molar-refractivity contribution is -0.136. The highest BCUT2D eigenvalue weighted by atomic mass is 16.4. The van der Waals surface area contributed by atoms with Crippen LogP contribution in [0.1, 0.15) is 30.7 Å². The number of aliphatic carboxylic acids is 1. The Morgan fingerprint density at radius 1 is 1.00 bits per heavy atom. The van der Waals surface area contributed by atoms with Crippen LogP contribution < -0.4 is 0 Å².